The highest BCUT2D eigenvalue weighted by Crippen LogP contribution is 2.31. The Morgan fingerprint density at radius 2 is 1.67 bits per heavy atom. The van der Waals surface area contributed by atoms with Crippen LogP contribution in [0.5, 0.6) is 5.75 Å². The highest BCUT2D eigenvalue weighted by Gasteiger charge is 2.31. The van der Waals surface area contributed by atoms with Crippen LogP contribution in [0.15, 0.2) is 84.0 Å². The minimum absolute atomic E-state index is 0.0106. The van der Waals surface area contributed by atoms with Crippen LogP contribution in [0.2, 0.25) is 0 Å². The number of amides is 2. The van der Waals surface area contributed by atoms with Crippen LogP contribution in [0.25, 0.3) is 5.69 Å². The zero-order valence-electron chi connectivity index (χ0n) is 20.1. The van der Waals surface area contributed by atoms with Gasteiger partial charge in [-0.3, -0.25) is 14.2 Å². The molecular formula is C26H21F4N5O3S. The van der Waals surface area contributed by atoms with E-state index in [1.807, 2.05) is 0 Å². The van der Waals surface area contributed by atoms with Crippen molar-refractivity contribution in [2.24, 2.45) is 0 Å². The van der Waals surface area contributed by atoms with Gasteiger partial charge in [-0.05, 0) is 42.5 Å². The molecule has 0 aliphatic rings. The molecular weight excluding hydrogens is 538 g/mol. The maximum Gasteiger partial charge on any atom is 0.416 e. The molecule has 4 rings (SSSR count). The van der Waals surface area contributed by atoms with Crippen LogP contribution in [0.1, 0.15) is 11.4 Å². The lowest BCUT2D eigenvalue weighted by Gasteiger charge is -2.14. The Balaban J connectivity index is 1.50. The molecule has 0 saturated heterocycles. The zero-order chi connectivity index (χ0) is 27.8. The van der Waals surface area contributed by atoms with E-state index >= 15 is 0 Å². The van der Waals surface area contributed by atoms with Crippen LogP contribution in [0, 0.1) is 5.82 Å². The Morgan fingerprint density at radius 3 is 2.41 bits per heavy atom. The standard InChI is InChI=1S/C26H21F4N5O3S/c27-20-11-4-5-12-21(20)32-24(37)16-39-25-34-33-22(14-31-23(36)15-38-19-9-2-1-3-10-19)35(25)18-8-6-7-17(13-18)26(28,29)30/h1-13H,14-16H2,(H,31,36)(H,32,37). The predicted molar refractivity (Wildman–Crippen MR) is 136 cm³/mol. The van der Waals surface area contributed by atoms with E-state index in [0.717, 1.165) is 23.9 Å². The summed E-state index contributed by atoms with van der Waals surface area (Å²) >= 11 is 0.887. The molecule has 0 radical (unpaired) electrons. The second-order valence-corrected chi connectivity index (χ2v) is 8.92. The van der Waals surface area contributed by atoms with E-state index in [1.54, 1.807) is 36.4 Å². The van der Waals surface area contributed by atoms with Gasteiger partial charge < -0.3 is 15.4 Å². The van der Waals surface area contributed by atoms with E-state index in [-0.39, 0.29) is 41.3 Å². The first-order chi connectivity index (χ1) is 18.7. The summed E-state index contributed by atoms with van der Waals surface area (Å²) in [6, 6.07) is 18.8. The largest absolute Gasteiger partial charge is 0.484 e. The Morgan fingerprint density at radius 1 is 0.923 bits per heavy atom. The van der Waals surface area contributed by atoms with E-state index in [1.165, 1.54) is 34.9 Å². The number of nitrogens with zero attached hydrogens (tertiary/aromatic N) is 3. The topological polar surface area (TPSA) is 98.1 Å². The summed E-state index contributed by atoms with van der Waals surface area (Å²) in [5.41, 5.74) is -0.826. The normalized spacial score (nSPS) is 11.2. The smallest absolute Gasteiger partial charge is 0.416 e. The van der Waals surface area contributed by atoms with Gasteiger partial charge in [0.25, 0.3) is 5.91 Å². The average Bonchev–Trinajstić information content (AvgIpc) is 3.34. The number of hydrogen-bond donors (Lipinski definition) is 2. The van der Waals surface area contributed by atoms with Crippen LogP contribution >= 0.6 is 11.8 Å². The lowest BCUT2D eigenvalue weighted by atomic mass is 10.2. The molecule has 1 heterocycles. The van der Waals surface area contributed by atoms with E-state index < -0.39 is 29.4 Å². The van der Waals surface area contributed by atoms with Crippen LogP contribution in [0.4, 0.5) is 23.2 Å². The van der Waals surface area contributed by atoms with Gasteiger partial charge in [0.2, 0.25) is 5.91 Å². The molecule has 8 nitrogen and oxygen atoms in total. The summed E-state index contributed by atoms with van der Waals surface area (Å²) in [5.74, 6) is -1.28. The summed E-state index contributed by atoms with van der Waals surface area (Å²) in [6.45, 7) is -0.470. The van der Waals surface area contributed by atoms with Crippen LogP contribution in [0.3, 0.4) is 0 Å². The number of anilines is 1. The quantitative estimate of drug-likeness (QED) is 0.213. The van der Waals surface area contributed by atoms with E-state index in [2.05, 4.69) is 20.8 Å². The Labute approximate surface area is 224 Å². The molecule has 3 aromatic carbocycles. The zero-order valence-corrected chi connectivity index (χ0v) is 20.9. The number of rotatable bonds is 10. The molecule has 0 fully saturated rings. The number of carbonyl (C=O) groups is 2. The third-order valence-electron chi connectivity index (χ3n) is 5.17. The maximum absolute atomic E-state index is 13.9. The number of aromatic nitrogens is 3. The first-order valence-electron chi connectivity index (χ1n) is 11.4. The van der Waals surface area contributed by atoms with Gasteiger partial charge in [-0.25, -0.2) is 4.39 Å². The molecule has 0 bridgehead atoms. The number of hydrogen-bond acceptors (Lipinski definition) is 6. The predicted octanol–water partition coefficient (Wildman–Crippen LogP) is 4.85. The van der Waals surface area contributed by atoms with Crippen molar-refractivity contribution in [2.75, 3.05) is 17.7 Å². The fraction of sp³-hybridized carbons (Fsp3) is 0.154. The van der Waals surface area contributed by atoms with Crippen molar-refractivity contribution in [3.8, 4) is 11.4 Å². The van der Waals surface area contributed by atoms with Crippen LogP contribution in [-0.4, -0.2) is 38.9 Å². The molecule has 39 heavy (non-hydrogen) atoms. The lowest BCUT2D eigenvalue weighted by molar-refractivity contribution is -0.137. The molecule has 0 aliphatic carbocycles. The number of alkyl halides is 3. The van der Waals surface area contributed by atoms with Crippen LogP contribution in [-0.2, 0) is 22.3 Å². The lowest BCUT2D eigenvalue weighted by Crippen LogP contribution is -2.29. The monoisotopic (exact) mass is 559 g/mol. The molecule has 0 spiro atoms. The Bertz CT molecular complexity index is 1450. The summed E-state index contributed by atoms with van der Waals surface area (Å²) in [4.78, 5) is 24.7. The first kappa shape index (κ1) is 27.6. The second kappa shape index (κ2) is 12.4. The fourth-order valence-corrected chi connectivity index (χ4v) is 4.13. The van der Waals surface area contributed by atoms with Gasteiger partial charge in [-0.15, -0.1) is 10.2 Å². The van der Waals surface area contributed by atoms with Crippen molar-refractivity contribution < 1.29 is 31.9 Å². The van der Waals surface area contributed by atoms with Gasteiger partial charge in [0.05, 0.1) is 29.2 Å². The van der Waals surface area contributed by atoms with Gasteiger partial charge in [-0.2, -0.15) is 13.2 Å². The van der Waals surface area contributed by atoms with Crippen molar-refractivity contribution in [2.45, 2.75) is 17.9 Å². The number of carbonyl (C=O) groups excluding carboxylic acids is 2. The maximum atomic E-state index is 13.9. The first-order valence-corrected chi connectivity index (χ1v) is 12.4. The van der Waals surface area contributed by atoms with E-state index in [0.29, 0.717) is 5.75 Å². The van der Waals surface area contributed by atoms with Gasteiger partial charge >= 0.3 is 6.18 Å². The fourth-order valence-electron chi connectivity index (χ4n) is 3.36. The summed E-state index contributed by atoms with van der Waals surface area (Å²) in [5, 5.41) is 13.2. The summed E-state index contributed by atoms with van der Waals surface area (Å²) in [7, 11) is 0. The third kappa shape index (κ3) is 7.57. The van der Waals surface area contributed by atoms with Gasteiger partial charge in [0, 0.05) is 0 Å². The molecule has 0 saturated carbocycles. The number of thioether (sulfide) groups is 1. The number of benzene rings is 3. The molecule has 1 aromatic heterocycles. The minimum Gasteiger partial charge on any atom is -0.484 e. The van der Waals surface area contributed by atoms with Crippen molar-refractivity contribution in [3.05, 3.63) is 96.1 Å². The number of para-hydroxylation sites is 2. The molecule has 2 amide bonds. The number of halogens is 4. The van der Waals surface area contributed by atoms with Gasteiger partial charge in [0.1, 0.15) is 11.6 Å². The Kier molecular flexibility index (Phi) is 8.81. The summed E-state index contributed by atoms with van der Waals surface area (Å²) < 4.78 is 60.7. The molecule has 0 aliphatic heterocycles. The van der Waals surface area contributed by atoms with Crippen molar-refractivity contribution in [3.63, 3.8) is 0 Å². The summed E-state index contributed by atoms with van der Waals surface area (Å²) in [6.07, 6.45) is -4.60. The van der Waals surface area contributed by atoms with Crippen molar-refractivity contribution >= 4 is 29.3 Å². The molecule has 4 aromatic rings. The molecule has 13 heteroatoms. The highest BCUT2D eigenvalue weighted by molar-refractivity contribution is 7.99. The van der Waals surface area contributed by atoms with Gasteiger partial charge in [0.15, 0.2) is 17.6 Å². The van der Waals surface area contributed by atoms with Crippen molar-refractivity contribution in [1.29, 1.82) is 0 Å². The molecule has 0 atom stereocenters. The molecule has 202 valence electrons. The number of nitrogens with one attached hydrogen (secondary N) is 2. The van der Waals surface area contributed by atoms with E-state index in [4.69, 9.17) is 4.74 Å². The second-order valence-electron chi connectivity index (χ2n) is 7.98. The third-order valence-corrected chi connectivity index (χ3v) is 6.10. The van der Waals surface area contributed by atoms with Gasteiger partial charge in [-0.1, -0.05) is 48.2 Å². The average molecular weight is 560 g/mol. The Hall–Kier alpha value is -4.39. The minimum atomic E-state index is -4.60. The van der Waals surface area contributed by atoms with E-state index in [9.17, 15) is 27.2 Å². The van der Waals surface area contributed by atoms with Crippen molar-refractivity contribution in [1.82, 2.24) is 20.1 Å². The highest BCUT2D eigenvalue weighted by atomic mass is 32.2. The molecule has 0 unspecified atom stereocenters. The SMILES string of the molecule is O=C(COc1ccccc1)NCc1nnc(SCC(=O)Nc2ccccc2F)n1-c1cccc(C(F)(F)F)c1. The molecule has 2 N–H and O–H groups in total. The van der Waals surface area contributed by atoms with Crippen LogP contribution < -0.4 is 15.4 Å². The number of ether oxygens (including phenoxy) is 1.